The quantitative estimate of drug-likeness (QED) is 0.819. The fraction of sp³-hybridized carbons (Fsp3) is 0.571. The van der Waals surface area contributed by atoms with Crippen molar-refractivity contribution in [2.24, 2.45) is 5.41 Å². The number of nitrogens with one attached hydrogen (secondary N) is 1. The van der Waals surface area contributed by atoms with Gasteiger partial charge in [0.1, 0.15) is 0 Å². The van der Waals surface area contributed by atoms with Crippen molar-refractivity contribution in [3.05, 3.63) is 24.3 Å². The molecule has 2 heteroatoms. The van der Waals surface area contributed by atoms with Crippen molar-refractivity contribution in [1.82, 2.24) is 0 Å². The van der Waals surface area contributed by atoms with Crippen LogP contribution in [0.15, 0.2) is 24.3 Å². The Morgan fingerprint density at radius 2 is 1.88 bits per heavy atom. The molecule has 88 valence electrons. The standard InChI is InChI=1S/C14H22N2/c1-14(2)9-4-10-16(11-14)13-7-5-12(15-3)6-8-13/h5-8,15H,4,9-11H2,1-3H3. The number of benzene rings is 1. The predicted octanol–water partition coefficient (Wildman–Crippen LogP) is 3.35. The lowest BCUT2D eigenvalue weighted by Crippen LogP contribution is -2.40. The van der Waals surface area contributed by atoms with Crippen LogP contribution in [-0.4, -0.2) is 20.1 Å². The average molecular weight is 218 g/mol. The molecule has 1 N–H and O–H groups in total. The van der Waals surface area contributed by atoms with Crippen molar-refractivity contribution in [2.45, 2.75) is 26.7 Å². The molecule has 2 rings (SSSR count). The molecule has 1 aromatic carbocycles. The van der Waals surface area contributed by atoms with Gasteiger partial charge in [-0.05, 0) is 42.5 Å². The minimum absolute atomic E-state index is 0.458. The highest BCUT2D eigenvalue weighted by Gasteiger charge is 2.26. The fourth-order valence-corrected chi connectivity index (χ4v) is 2.48. The van der Waals surface area contributed by atoms with Gasteiger partial charge in [0.05, 0.1) is 0 Å². The van der Waals surface area contributed by atoms with E-state index in [9.17, 15) is 0 Å². The molecule has 0 atom stereocenters. The summed E-state index contributed by atoms with van der Waals surface area (Å²) >= 11 is 0. The molecule has 0 amide bonds. The summed E-state index contributed by atoms with van der Waals surface area (Å²) in [5.74, 6) is 0. The molecule has 1 fully saturated rings. The molecule has 1 heterocycles. The number of nitrogens with zero attached hydrogens (tertiary/aromatic N) is 1. The van der Waals surface area contributed by atoms with Crippen LogP contribution >= 0.6 is 0 Å². The van der Waals surface area contributed by atoms with Crippen LogP contribution in [0.25, 0.3) is 0 Å². The van der Waals surface area contributed by atoms with Gasteiger partial charge < -0.3 is 10.2 Å². The highest BCUT2D eigenvalue weighted by molar-refractivity contribution is 5.55. The Hall–Kier alpha value is -1.18. The minimum Gasteiger partial charge on any atom is -0.388 e. The Balaban J connectivity index is 2.11. The van der Waals surface area contributed by atoms with Gasteiger partial charge in [-0.1, -0.05) is 13.8 Å². The number of anilines is 2. The third-order valence-corrected chi connectivity index (χ3v) is 3.42. The van der Waals surface area contributed by atoms with Gasteiger partial charge in [-0.25, -0.2) is 0 Å². The molecule has 0 radical (unpaired) electrons. The highest BCUT2D eigenvalue weighted by Crippen LogP contribution is 2.31. The van der Waals surface area contributed by atoms with Crippen LogP contribution < -0.4 is 10.2 Å². The van der Waals surface area contributed by atoms with E-state index in [0.717, 1.165) is 0 Å². The second-order valence-electron chi connectivity index (χ2n) is 5.49. The Kier molecular flexibility index (Phi) is 3.08. The monoisotopic (exact) mass is 218 g/mol. The van der Waals surface area contributed by atoms with Gasteiger partial charge in [0.25, 0.3) is 0 Å². The molecule has 1 aromatic rings. The fourth-order valence-electron chi connectivity index (χ4n) is 2.48. The number of piperidine rings is 1. The van der Waals surface area contributed by atoms with E-state index in [0.29, 0.717) is 5.41 Å². The van der Waals surface area contributed by atoms with Gasteiger partial charge in [-0.15, -0.1) is 0 Å². The third kappa shape index (κ3) is 2.49. The zero-order valence-corrected chi connectivity index (χ0v) is 10.6. The molecule has 16 heavy (non-hydrogen) atoms. The molecule has 1 saturated heterocycles. The normalized spacial score (nSPS) is 19.6. The molecule has 1 aliphatic rings. The number of hydrogen-bond acceptors (Lipinski definition) is 2. The van der Waals surface area contributed by atoms with E-state index in [1.165, 1.54) is 37.3 Å². The van der Waals surface area contributed by atoms with Crippen LogP contribution in [0.2, 0.25) is 0 Å². The molecule has 0 bridgehead atoms. The summed E-state index contributed by atoms with van der Waals surface area (Å²) in [6, 6.07) is 8.73. The largest absolute Gasteiger partial charge is 0.388 e. The van der Waals surface area contributed by atoms with E-state index in [1.54, 1.807) is 0 Å². The molecular formula is C14H22N2. The van der Waals surface area contributed by atoms with Crippen LogP contribution in [0.1, 0.15) is 26.7 Å². The van der Waals surface area contributed by atoms with Crippen molar-refractivity contribution in [3.8, 4) is 0 Å². The Morgan fingerprint density at radius 3 is 2.44 bits per heavy atom. The minimum atomic E-state index is 0.458. The Morgan fingerprint density at radius 1 is 1.19 bits per heavy atom. The van der Waals surface area contributed by atoms with E-state index >= 15 is 0 Å². The molecule has 0 aromatic heterocycles. The van der Waals surface area contributed by atoms with Crippen molar-refractivity contribution in [3.63, 3.8) is 0 Å². The van der Waals surface area contributed by atoms with Gasteiger partial charge in [0.2, 0.25) is 0 Å². The lowest BCUT2D eigenvalue weighted by molar-refractivity contribution is 0.293. The highest BCUT2D eigenvalue weighted by atomic mass is 15.1. The van der Waals surface area contributed by atoms with E-state index < -0.39 is 0 Å². The Bertz CT molecular complexity index is 340. The van der Waals surface area contributed by atoms with E-state index in [2.05, 4.69) is 48.3 Å². The number of hydrogen-bond donors (Lipinski definition) is 1. The number of rotatable bonds is 2. The first-order valence-corrected chi connectivity index (χ1v) is 6.13. The zero-order chi connectivity index (χ0) is 11.6. The van der Waals surface area contributed by atoms with Crippen LogP contribution in [-0.2, 0) is 0 Å². The molecular weight excluding hydrogens is 196 g/mol. The maximum atomic E-state index is 3.15. The van der Waals surface area contributed by atoms with Crippen LogP contribution in [0, 0.1) is 5.41 Å². The molecule has 1 aliphatic heterocycles. The first-order valence-electron chi connectivity index (χ1n) is 6.13. The van der Waals surface area contributed by atoms with E-state index in [1.807, 2.05) is 7.05 Å². The van der Waals surface area contributed by atoms with Crippen molar-refractivity contribution in [1.29, 1.82) is 0 Å². The molecule has 0 unspecified atom stereocenters. The summed E-state index contributed by atoms with van der Waals surface area (Å²) in [7, 11) is 1.96. The van der Waals surface area contributed by atoms with Gasteiger partial charge in [-0.2, -0.15) is 0 Å². The molecule has 2 nitrogen and oxygen atoms in total. The smallest absolute Gasteiger partial charge is 0.0367 e. The van der Waals surface area contributed by atoms with E-state index in [4.69, 9.17) is 0 Å². The summed E-state index contributed by atoms with van der Waals surface area (Å²) in [5.41, 5.74) is 2.99. The average Bonchev–Trinajstić information content (AvgIpc) is 2.28. The second-order valence-corrected chi connectivity index (χ2v) is 5.49. The second kappa shape index (κ2) is 4.36. The van der Waals surface area contributed by atoms with E-state index in [-0.39, 0.29) is 0 Å². The summed E-state index contributed by atoms with van der Waals surface area (Å²) in [6.07, 6.45) is 2.65. The SMILES string of the molecule is CNc1ccc(N2CCCC(C)(C)C2)cc1. The summed E-state index contributed by atoms with van der Waals surface area (Å²) in [4.78, 5) is 2.50. The van der Waals surface area contributed by atoms with Crippen molar-refractivity contribution in [2.75, 3.05) is 30.4 Å². The third-order valence-electron chi connectivity index (χ3n) is 3.42. The lowest BCUT2D eigenvalue weighted by atomic mass is 9.84. The zero-order valence-electron chi connectivity index (χ0n) is 10.6. The van der Waals surface area contributed by atoms with Crippen molar-refractivity contribution < 1.29 is 0 Å². The lowest BCUT2D eigenvalue weighted by Gasteiger charge is -2.39. The van der Waals surface area contributed by atoms with Crippen LogP contribution in [0.4, 0.5) is 11.4 Å². The van der Waals surface area contributed by atoms with Gasteiger partial charge in [0.15, 0.2) is 0 Å². The molecule has 0 saturated carbocycles. The summed E-state index contributed by atoms with van der Waals surface area (Å²) in [5, 5.41) is 3.15. The maximum Gasteiger partial charge on any atom is 0.0367 e. The summed E-state index contributed by atoms with van der Waals surface area (Å²) < 4.78 is 0. The maximum absolute atomic E-state index is 3.15. The molecule has 0 spiro atoms. The first kappa shape index (κ1) is 11.3. The summed E-state index contributed by atoms with van der Waals surface area (Å²) in [6.45, 7) is 7.09. The first-order chi connectivity index (χ1) is 7.61. The Labute approximate surface area is 98.7 Å². The topological polar surface area (TPSA) is 15.3 Å². The van der Waals surface area contributed by atoms with Crippen LogP contribution in [0.5, 0.6) is 0 Å². The van der Waals surface area contributed by atoms with Crippen molar-refractivity contribution >= 4 is 11.4 Å². The van der Waals surface area contributed by atoms with Gasteiger partial charge in [-0.3, -0.25) is 0 Å². The molecule has 0 aliphatic carbocycles. The van der Waals surface area contributed by atoms with Crippen LogP contribution in [0.3, 0.4) is 0 Å². The van der Waals surface area contributed by atoms with Gasteiger partial charge >= 0.3 is 0 Å². The predicted molar refractivity (Wildman–Crippen MR) is 71.2 cm³/mol. The van der Waals surface area contributed by atoms with Gasteiger partial charge in [0, 0.05) is 31.5 Å².